The van der Waals surface area contributed by atoms with Crippen molar-refractivity contribution < 1.29 is 4.74 Å². The Hall–Kier alpha value is -1.94. The number of likely N-dealkylation sites (N-methyl/N-ethyl adjacent to an activating group) is 1. The number of ether oxygens (including phenoxy) is 1. The zero-order valence-corrected chi connectivity index (χ0v) is 12.3. The van der Waals surface area contributed by atoms with Crippen molar-refractivity contribution in [3.63, 3.8) is 0 Å². The van der Waals surface area contributed by atoms with Crippen LogP contribution in [0.4, 0.5) is 0 Å². The molecule has 0 aliphatic carbocycles. The molecule has 0 aliphatic heterocycles. The largest absolute Gasteiger partial charge is 0.497 e. The molecule has 0 saturated heterocycles. The summed E-state index contributed by atoms with van der Waals surface area (Å²) in [6.45, 7) is 4.94. The minimum atomic E-state index is 0.167. The second kappa shape index (κ2) is 7.01. The lowest BCUT2D eigenvalue weighted by molar-refractivity contribution is 0.413. The summed E-state index contributed by atoms with van der Waals surface area (Å²) < 4.78 is 5.27. The molecule has 0 spiro atoms. The van der Waals surface area contributed by atoms with Gasteiger partial charge in [-0.15, -0.1) is 0 Å². The van der Waals surface area contributed by atoms with Crippen LogP contribution in [0, 0.1) is 6.92 Å². The summed E-state index contributed by atoms with van der Waals surface area (Å²) in [5, 5.41) is 3.46. The van der Waals surface area contributed by atoms with E-state index in [-0.39, 0.29) is 6.04 Å². The first-order valence-corrected chi connectivity index (χ1v) is 6.87. The summed E-state index contributed by atoms with van der Waals surface area (Å²) in [6.07, 6.45) is 4.52. The van der Waals surface area contributed by atoms with Crippen LogP contribution >= 0.6 is 0 Å². The molecular formula is C16H21N3O. The molecular weight excluding hydrogens is 250 g/mol. The summed E-state index contributed by atoms with van der Waals surface area (Å²) >= 11 is 0. The van der Waals surface area contributed by atoms with E-state index in [1.165, 1.54) is 5.56 Å². The van der Waals surface area contributed by atoms with E-state index in [0.29, 0.717) is 0 Å². The Labute approximate surface area is 120 Å². The minimum absolute atomic E-state index is 0.167. The number of nitrogens with zero attached hydrogens (tertiary/aromatic N) is 2. The van der Waals surface area contributed by atoms with Gasteiger partial charge in [0.05, 0.1) is 30.7 Å². The van der Waals surface area contributed by atoms with Gasteiger partial charge >= 0.3 is 0 Å². The fourth-order valence-corrected chi connectivity index (χ4v) is 2.15. The number of hydrogen-bond donors (Lipinski definition) is 1. The average molecular weight is 271 g/mol. The van der Waals surface area contributed by atoms with E-state index in [9.17, 15) is 0 Å². The van der Waals surface area contributed by atoms with Crippen molar-refractivity contribution in [1.82, 2.24) is 15.3 Å². The van der Waals surface area contributed by atoms with E-state index < -0.39 is 0 Å². The van der Waals surface area contributed by atoms with Crippen molar-refractivity contribution in [2.45, 2.75) is 26.3 Å². The number of rotatable bonds is 6. The van der Waals surface area contributed by atoms with Gasteiger partial charge in [0.25, 0.3) is 0 Å². The van der Waals surface area contributed by atoms with Crippen molar-refractivity contribution in [1.29, 1.82) is 0 Å². The molecule has 0 aliphatic rings. The molecule has 1 unspecified atom stereocenters. The van der Waals surface area contributed by atoms with Gasteiger partial charge in [-0.2, -0.15) is 0 Å². The standard InChI is InChI=1S/C16H21N3O/c1-4-17-15(16-11-18-12(2)10-19-16)9-13-6-5-7-14(8-13)20-3/h5-8,10-11,15,17H,4,9H2,1-3H3. The summed E-state index contributed by atoms with van der Waals surface area (Å²) in [6, 6.07) is 8.30. The topological polar surface area (TPSA) is 47.0 Å². The molecule has 0 radical (unpaired) electrons. The highest BCUT2D eigenvalue weighted by molar-refractivity contribution is 5.29. The fraction of sp³-hybridized carbons (Fsp3) is 0.375. The molecule has 0 amide bonds. The predicted molar refractivity (Wildman–Crippen MR) is 79.9 cm³/mol. The molecule has 1 atom stereocenters. The maximum Gasteiger partial charge on any atom is 0.119 e. The number of aryl methyl sites for hydroxylation is 1. The van der Waals surface area contributed by atoms with Gasteiger partial charge < -0.3 is 10.1 Å². The van der Waals surface area contributed by atoms with Gasteiger partial charge in [-0.3, -0.25) is 9.97 Å². The number of nitrogens with one attached hydrogen (secondary N) is 1. The fourth-order valence-electron chi connectivity index (χ4n) is 2.15. The van der Waals surface area contributed by atoms with Crippen LogP contribution in [0.25, 0.3) is 0 Å². The van der Waals surface area contributed by atoms with Gasteiger partial charge in [-0.25, -0.2) is 0 Å². The van der Waals surface area contributed by atoms with E-state index in [1.807, 2.05) is 31.5 Å². The molecule has 0 bridgehead atoms. The van der Waals surface area contributed by atoms with Crippen molar-refractivity contribution in [3.05, 3.63) is 53.6 Å². The van der Waals surface area contributed by atoms with Crippen LogP contribution in [0.3, 0.4) is 0 Å². The van der Waals surface area contributed by atoms with Gasteiger partial charge in [0.15, 0.2) is 0 Å². The van der Waals surface area contributed by atoms with Gasteiger partial charge in [0.1, 0.15) is 5.75 Å². The molecule has 1 aromatic heterocycles. The van der Waals surface area contributed by atoms with Crippen LogP contribution in [0.5, 0.6) is 5.75 Å². The second-order valence-corrected chi connectivity index (χ2v) is 4.75. The summed E-state index contributed by atoms with van der Waals surface area (Å²) in [7, 11) is 1.69. The monoisotopic (exact) mass is 271 g/mol. The molecule has 20 heavy (non-hydrogen) atoms. The zero-order chi connectivity index (χ0) is 14.4. The maximum absolute atomic E-state index is 5.27. The quantitative estimate of drug-likeness (QED) is 0.877. The first kappa shape index (κ1) is 14.5. The van der Waals surface area contributed by atoms with Gasteiger partial charge in [-0.1, -0.05) is 19.1 Å². The van der Waals surface area contributed by atoms with Gasteiger partial charge in [0.2, 0.25) is 0 Å². The number of methoxy groups -OCH3 is 1. The number of benzene rings is 1. The lowest BCUT2D eigenvalue weighted by atomic mass is 10.0. The lowest BCUT2D eigenvalue weighted by Crippen LogP contribution is -2.24. The molecule has 1 N–H and O–H groups in total. The summed E-state index contributed by atoms with van der Waals surface area (Å²) in [5.74, 6) is 0.882. The third kappa shape index (κ3) is 3.78. The first-order valence-electron chi connectivity index (χ1n) is 6.87. The highest BCUT2D eigenvalue weighted by Crippen LogP contribution is 2.19. The third-order valence-corrected chi connectivity index (χ3v) is 3.18. The zero-order valence-electron chi connectivity index (χ0n) is 12.3. The molecule has 2 aromatic rings. The SMILES string of the molecule is CCNC(Cc1cccc(OC)c1)c1cnc(C)cn1. The highest BCUT2D eigenvalue weighted by atomic mass is 16.5. The highest BCUT2D eigenvalue weighted by Gasteiger charge is 2.13. The molecule has 106 valence electrons. The second-order valence-electron chi connectivity index (χ2n) is 4.75. The Balaban J connectivity index is 2.18. The molecule has 4 nitrogen and oxygen atoms in total. The molecule has 4 heteroatoms. The van der Waals surface area contributed by atoms with Crippen molar-refractivity contribution >= 4 is 0 Å². The summed E-state index contributed by atoms with van der Waals surface area (Å²) in [5.41, 5.74) is 3.13. The van der Waals surface area contributed by atoms with Gasteiger partial charge in [-0.05, 0) is 37.6 Å². The molecule has 0 fully saturated rings. The van der Waals surface area contributed by atoms with E-state index >= 15 is 0 Å². The van der Waals surface area contributed by atoms with Crippen LogP contribution < -0.4 is 10.1 Å². The van der Waals surface area contributed by atoms with E-state index in [0.717, 1.165) is 30.1 Å². The molecule has 1 aromatic carbocycles. The van der Waals surface area contributed by atoms with Crippen molar-refractivity contribution in [2.75, 3.05) is 13.7 Å². The molecule has 1 heterocycles. The van der Waals surface area contributed by atoms with Crippen LogP contribution in [0.1, 0.15) is 29.9 Å². The van der Waals surface area contributed by atoms with Crippen molar-refractivity contribution in [3.8, 4) is 5.75 Å². The van der Waals surface area contributed by atoms with Crippen LogP contribution in [0.2, 0.25) is 0 Å². The Bertz CT molecular complexity index is 540. The van der Waals surface area contributed by atoms with Crippen LogP contribution in [0.15, 0.2) is 36.7 Å². The average Bonchev–Trinajstić information content (AvgIpc) is 2.48. The van der Waals surface area contributed by atoms with Gasteiger partial charge in [0, 0.05) is 6.20 Å². The summed E-state index contributed by atoms with van der Waals surface area (Å²) in [4.78, 5) is 8.81. The predicted octanol–water partition coefficient (Wildman–Crippen LogP) is 2.69. The van der Waals surface area contributed by atoms with E-state index in [1.54, 1.807) is 7.11 Å². The number of hydrogen-bond acceptors (Lipinski definition) is 4. The Morgan fingerprint density at radius 1 is 1.25 bits per heavy atom. The van der Waals surface area contributed by atoms with E-state index in [2.05, 4.69) is 34.3 Å². The maximum atomic E-state index is 5.27. The van der Waals surface area contributed by atoms with E-state index in [4.69, 9.17) is 4.74 Å². The third-order valence-electron chi connectivity index (χ3n) is 3.18. The normalized spacial score (nSPS) is 12.2. The van der Waals surface area contributed by atoms with Crippen LogP contribution in [-0.4, -0.2) is 23.6 Å². The lowest BCUT2D eigenvalue weighted by Gasteiger charge is -2.17. The molecule has 2 rings (SSSR count). The Kier molecular flexibility index (Phi) is 5.07. The number of aromatic nitrogens is 2. The van der Waals surface area contributed by atoms with Crippen LogP contribution in [-0.2, 0) is 6.42 Å². The molecule has 0 saturated carbocycles. The van der Waals surface area contributed by atoms with Crippen molar-refractivity contribution in [2.24, 2.45) is 0 Å². The smallest absolute Gasteiger partial charge is 0.119 e. The first-order chi connectivity index (χ1) is 9.72. The Morgan fingerprint density at radius 3 is 2.75 bits per heavy atom. The Morgan fingerprint density at radius 2 is 2.10 bits per heavy atom. The minimum Gasteiger partial charge on any atom is -0.497 e.